The summed E-state index contributed by atoms with van der Waals surface area (Å²) in [6.45, 7) is 3.94. The van der Waals surface area contributed by atoms with Crippen LogP contribution in [0.15, 0.2) is 18.2 Å². The first-order chi connectivity index (χ1) is 8.58. The monoisotopic (exact) mass is 268 g/mol. The van der Waals surface area contributed by atoms with E-state index < -0.39 is 0 Å². The minimum atomic E-state index is -0.154. The number of thioether (sulfide) groups is 1. The first-order valence-corrected chi connectivity index (χ1v) is 7.03. The second-order valence-corrected chi connectivity index (χ2v) is 5.28. The Bertz CT molecular complexity index is 404. The van der Waals surface area contributed by atoms with Gasteiger partial charge in [0, 0.05) is 17.1 Å². The van der Waals surface area contributed by atoms with Crippen LogP contribution in [0.1, 0.15) is 18.1 Å². The molecule has 0 saturated carbocycles. The highest BCUT2D eigenvalue weighted by molar-refractivity contribution is 7.98. The van der Waals surface area contributed by atoms with Crippen LogP contribution in [0.5, 0.6) is 5.75 Å². The van der Waals surface area contributed by atoms with E-state index in [2.05, 4.69) is 13.0 Å². The quantitative estimate of drug-likeness (QED) is 0.743. The molecule has 1 aromatic carbocycles. The average Bonchev–Trinajstić information content (AvgIpc) is 2.38. The lowest BCUT2D eigenvalue weighted by Gasteiger charge is -2.11. The molecule has 0 fully saturated rings. The molecule has 1 aromatic rings. The van der Waals surface area contributed by atoms with Crippen LogP contribution in [-0.2, 0) is 15.3 Å². The number of benzene rings is 1. The Balaban J connectivity index is 2.53. The van der Waals surface area contributed by atoms with Gasteiger partial charge < -0.3 is 9.47 Å². The van der Waals surface area contributed by atoms with E-state index in [1.807, 2.05) is 19.1 Å². The largest absolute Gasteiger partial charge is 0.496 e. The van der Waals surface area contributed by atoms with E-state index in [1.54, 1.807) is 18.9 Å². The fourth-order valence-electron chi connectivity index (χ4n) is 1.64. The Labute approximate surface area is 113 Å². The molecule has 1 rings (SSSR count). The standard InChI is InChI=1S/C14H20O3S/c1-10-5-6-13(16-3)12(7-10)9-18-8-11(2)14(15)17-4/h5-7,11H,8-9H2,1-4H3. The van der Waals surface area contributed by atoms with Gasteiger partial charge in [-0.05, 0) is 13.0 Å². The second kappa shape index (κ2) is 7.31. The van der Waals surface area contributed by atoms with E-state index in [4.69, 9.17) is 9.47 Å². The van der Waals surface area contributed by atoms with Crippen molar-refractivity contribution >= 4 is 17.7 Å². The van der Waals surface area contributed by atoms with Crippen LogP contribution in [0.3, 0.4) is 0 Å². The molecule has 0 aliphatic rings. The van der Waals surface area contributed by atoms with Crippen LogP contribution in [0.2, 0.25) is 0 Å². The van der Waals surface area contributed by atoms with Gasteiger partial charge in [0.05, 0.1) is 20.1 Å². The summed E-state index contributed by atoms with van der Waals surface area (Å²) in [6.07, 6.45) is 0. The van der Waals surface area contributed by atoms with Crippen LogP contribution in [0.4, 0.5) is 0 Å². The molecule has 1 atom stereocenters. The van der Waals surface area contributed by atoms with Gasteiger partial charge in [-0.3, -0.25) is 4.79 Å². The van der Waals surface area contributed by atoms with Crippen molar-refractivity contribution in [2.75, 3.05) is 20.0 Å². The molecule has 0 aliphatic heterocycles. The van der Waals surface area contributed by atoms with Crippen LogP contribution >= 0.6 is 11.8 Å². The highest BCUT2D eigenvalue weighted by Gasteiger charge is 2.13. The molecule has 0 heterocycles. The molecule has 0 saturated heterocycles. The lowest BCUT2D eigenvalue weighted by molar-refractivity contribution is -0.143. The van der Waals surface area contributed by atoms with E-state index in [9.17, 15) is 4.79 Å². The van der Waals surface area contributed by atoms with Gasteiger partial charge in [0.1, 0.15) is 5.75 Å². The number of carbonyl (C=O) groups is 1. The summed E-state index contributed by atoms with van der Waals surface area (Å²) in [4.78, 5) is 11.3. The van der Waals surface area contributed by atoms with Gasteiger partial charge in [0.2, 0.25) is 0 Å². The molecule has 0 aliphatic carbocycles. The smallest absolute Gasteiger partial charge is 0.309 e. The number of methoxy groups -OCH3 is 2. The van der Waals surface area contributed by atoms with Crippen LogP contribution in [0.25, 0.3) is 0 Å². The molecule has 0 bridgehead atoms. The summed E-state index contributed by atoms with van der Waals surface area (Å²) >= 11 is 1.72. The molecule has 0 N–H and O–H groups in total. The minimum absolute atomic E-state index is 0.0733. The van der Waals surface area contributed by atoms with E-state index >= 15 is 0 Å². The molecular weight excluding hydrogens is 248 g/mol. The van der Waals surface area contributed by atoms with E-state index in [0.29, 0.717) is 0 Å². The van der Waals surface area contributed by atoms with Crippen molar-refractivity contribution in [2.45, 2.75) is 19.6 Å². The molecule has 3 nitrogen and oxygen atoms in total. The summed E-state index contributed by atoms with van der Waals surface area (Å²) < 4.78 is 10.0. The van der Waals surface area contributed by atoms with Crippen LogP contribution in [0, 0.1) is 12.8 Å². The van der Waals surface area contributed by atoms with E-state index in [0.717, 1.165) is 17.3 Å². The normalized spacial score (nSPS) is 12.0. The number of rotatable bonds is 6. The maximum absolute atomic E-state index is 11.3. The maximum atomic E-state index is 11.3. The SMILES string of the molecule is COC(=O)C(C)CSCc1cc(C)ccc1OC. The summed E-state index contributed by atoms with van der Waals surface area (Å²) in [6, 6.07) is 6.13. The van der Waals surface area contributed by atoms with Crippen molar-refractivity contribution in [2.24, 2.45) is 5.92 Å². The predicted molar refractivity (Wildman–Crippen MR) is 75.1 cm³/mol. The van der Waals surface area contributed by atoms with Crippen molar-refractivity contribution in [1.29, 1.82) is 0 Å². The third-order valence-corrected chi connectivity index (χ3v) is 3.92. The molecule has 0 spiro atoms. The van der Waals surface area contributed by atoms with Crippen molar-refractivity contribution < 1.29 is 14.3 Å². The van der Waals surface area contributed by atoms with Gasteiger partial charge in [-0.25, -0.2) is 0 Å². The lowest BCUT2D eigenvalue weighted by Crippen LogP contribution is -2.14. The Hall–Kier alpha value is -1.16. The third kappa shape index (κ3) is 4.26. The van der Waals surface area contributed by atoms with Gasteiger partial charge in [0.15, 0.2) is 0 Å². The van der Waals surface area contributed by atoms with Gasteiger partial charge in [-0.1, -0.05) is 24.6 Å². The molecule has 100 valence electrons. The fraction of sp³-hybridized carbons (Fsp3) is 0.500. The minimum Gasteiger partial charge on any atom is -0.496 e. The second-order valence-electron chi connectivity index (χ2n) is 4.25. The zero-order chi connectivity index (χ0) is 13.5. The topological polar surface area (TPSA) is 35.5 Å². The lowest BCUT2D eigenvalue weighted by atomic mass is 10.1. The highest BCUT2D eigenvalue weighted by atomic mass is 32.2. The summed E-state index contributed by atoms with van der Waals surface area (Å²) in [5, 5.41) is 0. The average molecular weight is 268 g/mol. The Morgan fingerprint density at radius 2 is 2.11 bits per heavy atom. The van der Waals surface area contributed by atoms with Crippen molar-refractivity contribution in [1.82, 2.24) is 0 Å². The highest BCUT2D eigenvalue weighted by Crippen LogP contribution is 2.25. The summed E-state index contributed by atoms with van der Waals surface area (Å²) in [5.41, 5.74) is 2.38. The van der Waals surface area contributed by atoms with Gasteiger partial charge >= 0.3 is 5.97 Å². The summed E-state index contributed by atoms with van der Waals surface area (Å²) in [7, 11) is 3.10. The molecule has 4 heteroatoms. The fourth-order valence-corrected chi connectivity index (χ4v) is 2.69. The first kappa shape index (κ1) is 14.9. The van der Waals surface area contributed by atoms with Crippen molar-refractivity contribution in [3.63, 3.8) is 0 Å². The maximum Gasteiger partial charge on any atom is 0.309 e. The molecule has 0 radical (unpaired) electrons. The number of hydrogen-bond acceptors (Lipinski definition) is 4. The first-order valence-electron chi connectivity index (χ1n) is 5.87. The van der Waals surface area contributed by atoms with Crippen LogP contribution < -0.4 is 4.74 Å². The van der Waals surface area contributed by atoms with E-state index in [-0.39, 0.29) is 11.9 Å². The molecule has 0 amide bonds. The third-order valence-electron chi connectivity index (χ3n) is 2.66. The number of hydrogen-bond donors (Lipinski definition) is 0. The van der Waals surface area contributed by atoms with Gasteiger partial charge in [0.25, 0.3) is 0 Å². The zero-order valence-corrected chi connectivity index (χ0v) is 12.2. The number of carbonyl (C=O) groups excluding carboxylic acids is 1. The van der Waals surface area contributed by atoms with Gasteiger partial charge in [-0.15, -0.1) is 0 Å². The molecule has 1 unspecified atom stereocenters. The molecule has 0 aromatic heterocycles. The molecule has 18 heavy (non-hydrogen) atoms. The summed E-state index contributed by atoms with van der Waals surface area (Å²) in [5.74, 6) is 2.27. The van der Waals surface area contributed by atoms with Crippen molar-refractivity contribution in [3.05, 3.63) is 29.3 Å². The van der Waals surface area contributed by atoms with Crippen molar-refractivity contribution in [3.8, 4) is 5.75 Å². The number of esters is 1. The Morgan fingerprint density at radius 1 is 1.39 bits per heavy atom. The predicted octanol–water partition coefficient (Wildman–Crippen LogP) is 3.05. The van der Waals surface area contributed by atoms with Gasteiger partial charge in [-0.2, -0.15) is 11.8 Å². The zero-order valence-electron chi connectivity index (χ0n) is 11.4. The van der Waals surface area contributed by atoms with Crippen LogP contribution in [-0.4, -0.2) is 25.9 Å². The van der Waals surface area contributed by atoms with E-state index in [1.165, 1.54) is 18.2 Å². The Kier molecular flexibility index (Phi) is 6.05. The number of ether oxygens (including phenoxy) is 2. The molecular formula is C14H20O3S. The Morgan fingerprint density at radius 3 is 2.72 bits per heavy atom. The number of aryl methyl sites for hydroxylation is 1.